The zero-order valence-electron chi connectivity index (χ0n) is 9.88. The van der Waals surface area contributed by atoms with Crippen molar-refractivity contribution < 1.29 is 8.81 Å². The molecule has 94 valence electrons. The van der Waals surface area contributed by atoms with Gasteiger partial charge >= 0.3 is 6.01 Å². The molecule has 3 rings (SSSR count). The summed E-state index contributed by atoms with van der Waals surface area (Å²) in [6.07, 6.45) is 1.38. The molecule has 0 radical (unpaired) electrons. The number of hydrogen-bond acceptors (Lipinski definition) is 4. The molecule has 2 aromatic carbocycles. The maximum atomic E-state index is 13.3. The van der Waals surface area contributed by atoms with E-state index in [0.717, 1.165) is 5.52 Å². The van der Waals surface area contributed by atoms with Crippen molar-refractivity contribution in [2.45, 2.75) is 0 Å². The molecule has 0 fully saturated rings. The fraction of sp³-hybridized carbons (Fsp3) is 0. The van der Waals surface area contributed by atoms with E-state index in [1.54, 1.807) is 18.2 Å². The Morgan fingerprint density at radius 3 is 2.74 bits per heavy atom. The molecule has 1 N–H and O–H groups in total. The summed E-state index contributed by atoms with van der Waals surface area (Å²) in [6, 6.07) is 14.0. The van der Waals surface area contributed by atoms with Gasteiger partial charge in [0.2, 0.25) is 0 Å². The number of fused-ring (bicyclic) bond motifs is 1. The van der Waals surface area contributed by atoms with E-state index in [-0.39, 0.29) is 11.8 Å². The third-order valence-electron chi connectivity index (χ3n) is 2.56. The van der Waals surface area contributed by atoms with Gasteiger partial charge in [-0.15, -0.1) is 0 Å². The minimum Gasteiger partial charge on any atom is -0.422 e. The molecule has 1 aromatic heterocycles. The Morgan fingerprint density at radius 2 is 1.89 bits per heavy atom. The van der Waals surface area contributed by atoms with E-state index in [1.165, 1.54) is 12.3 Å². The Morgan fingerprint density at radius 1 is 1.11 bits per heavy atom. The maximum absolute atomic E-state index is 13.3. The van der Waals surface area contributed by atoms with Crippen molar-refractivity contribution in [1.82, 2.24) is 4.98 Å². The molecular weight excluding hydrogens is 245 g/mol. The predicted octanol–water partition coefficient (Wildman–Crippen LogP) is 3.41. The Kier molecular flexibility index (Phi) is 2.94. The predicted molar refractivity (Wildman–Crippen MR) is 71.6 cm³/mol. The molecule has 19 heavy (non-hydrogen) atoms. The fourth-order valence-electron chi connectivity index (χ4n) is 1.66. The second-order valence-electron chi connectivity index (χ2n) is 3.88. The minimum atomic E-state index is -0.328. The summed E-state index contributed by atoms with van der Waals surface area (Å²) in [5, 5.41) is 3.90. The highest BCUT2D eigenvalue weighted by Crippen LogP contribution is 2.17. The van der Waals surface area contributed by atoms with Gasteiger partial charge in [0.25, 0.3) is 0 Å². The van der Waals surface area contributed by atoms with Crippen LogP contribution in [0, 0.1) is 5.82 Å². The number of anilines is 1. The molecular formula is C14H10FN3O. The van der Waals surface area contributed by atoms with Crippen LogP contribution in [0.5, 0.6) is 0 Å². The van der Waals surface area contributed by atoms with Gasteiger partial charge in [-0.25, -0.2) is 9.82 Å². The Hall–Kier alpha value is -2.69. The van der Waals surface area contributed by atoms with Crippen LogP contribution in [0.3, 0.4) is 0 Å². The smallest absolute Gasteiger partial charge is 0.316 e. The monoisotopic (exact) mass is 255 g/mol. The van der Waals surface area contributed by atoms with Crippen LogP contribution in [0.15, 0.2) is 58.0 Å². The summed E-state index contributed by atoms with van der Waals surface area (Å²) in [5.74, 6) is -0.328. The SMILES string of the molecule is Fc1ccccc1/C=N/Nc1nc2ccccc2o1. The van der Waals surface area contributed by atoms with E-state index < -0.39 is 0 Å². The third-order valence-corrected chi connectivity index (χ3v) is 2.56. The molecule has 0 aliphatic heterocycles. The average Bonchev–Trinajstić information content (AvgIpc) is 2.83. The molecule has 0 spiro atoms. The van der Waals surface area contributed by atoms with Crippen molar-refractivity contribution >= 4 is 23.3 Å². The first-order valence-corrected chi connectivity index (χ1v) is 5.72. The van der Waals surface area contributed by atoms with Crippen LogP contribution in [0.1, 0.15) is 5.56 Å². The number of aromatic nitrogens is 1. The van der Waals surface area contributed by atoms with E-state index in [0.29, 0.717) is 11.1 Å². The Labute approximate surface area is 108 Å². The number of nitrogens with zero attached hydrogens (tertiary/aromatic N) is 2. The lowest BCUT2D eigenvalue weighted by Gasteiger charge is -1.94. The average molecular weight is 255 g/mol. The largest absolute Gasteiger partial charge is 0.422 e. The summed E-state index contributed by atoms with van der Waals surface area (Å²) >= 11 is 0. The molecule has 5 heteroatoms. The molecule has 1 heterocycles. The van der Waals surface area contributed by atoms with Crippen LogP contribution in [-0.2, 0) is 0 Å². The van der Waals surface area contributed by atoms with Gasteiger partial charge in [0, 0.05) is 5.56 Å². The van der Waals surface area contributed by atoms with Gasteiger partial charge in [-0.2, -0.15) is 10.1 Å². The van der Waals surface area contributed by atoms with E-state index in [1.807, 2.05) is 24.3 Å². The first kappa shape index (κ1) is 11.4. The highest BCUT2D eigenvalue weighted by atomic mass is 19.1. The van der Waals surface area contributed by atoms with Crippen LogP contribution < -0.4 is 5.43 Å². The molecule has 0 saturated heterocycles. The maximum Gasteiger partial charge on any atom is 0.316 e. The molecule has 0 amide bonds. The van der Waals surface area contributed by atoms with Crippen molar-refractivity contribution in [3.05, 3.63) is 59.9 Å². The summed E-state index contributed by atoms with van der Waals surface area (Å²) in [7, 11) is 0. The number of benzene rings is 2. The van der Waals surface area contributed by atoms with E-state index in [2.05, 4.69) is 15.5 Å². The van der Waals surface area contributed by atoms with Crippen LogP contribution in [0.2, 0.25) is 0 Å². The summed E-state index contributed by atoms with van der Waals surface area (Å²) in [4.78, 5) is 4.18. The molecule has 0 aliphatic rings. The number of para-hydroxylation sites is 2. The number of hydrogen-bond donors (Lipinski definition) is 1. The first-order valence-electron chi connectivity index (χ1n) is 5.72. The molecule has 0 saturated carbocycles. The first-order chi connectivity index (χ1) is 9.33. The van der Waals surface area contributed by atoms with E-state index in [9.17, 15) is 4.39 Å². The van der Waals surface area contributed by atoms with E-state index >= 15 is 0 Å². The van der Waals surface area contributed by atoms with Crippen LogP contribution in [0.25, 0.3) is 11.1 Å². The summed E-state index contributed by atoms with van der Waals surface area (Å²) in [5.41, 5.74) is 4.44. The van der Waals surface area contributed by atoms with Crippen molar-refractivity contribution in [3.8, 4) is 0 Å². The van der Waals surface area contributed by atoms with Crippen molar-refractivity contribution in [1.29, 1.82) is 0 Å². The van der Waals surface area contributed by atoms with E-state index in [4.69, 9.17) is 4.42 Å². The van der Waals surface area contributed by atoms with Gasteiger partial charge in [-0.05, 0) is 18.2 Å². The number of nitrogens with one attached hydrogen (secondary N) is 1. The minimum absolute atomic E-state index is 0.272. The number of halogens is 1. The zero-order chi connectivity index (χ0) is 13.1. The summed E-state index contributed by atoms with van der Waals surface area (Å²) < 4.78 is 18.7. The summed E-state index contributed by atoms with van der Waals surface area (Å²) in [6.45, 7) is 0. The highest BCUT2D eigenvalue weighted by molar-refractivity contribution is 5.80. The molecule has 0 aliphatic carbocycles. The van der Waals surface area contributed by atoms with Gasteiger partial charge in [0.15, 0.2) is 5.58 Å². The second-order valence-corrected chi connectivity index (χ2v) is 3.88. The number of hydrazone groups is 1. The fourth-order valence-corrected chi connectivity index (χ4v) is 1.66. The quantitative estimate of drug-likeness (QED) is 0.576. The molecule has 0 bridgehead atoms. The topological polar surface area (TPSA) is 50.4 Å². The third kappa shape index (κ3) is 2.44. The lowest BCUT2D eigenvalue weighted by Crippen LogP contribution is -1.92. The van der Waals surface area contributed by atoms with Crippen LogP contribution in [-0.4, -0.2) is 11.2 Å². The van der Waals surface area contributed by atoms with Gasteiger partial charge in [-0.1, -0.05) is 30.3 Å². The molecule has 4 nitrogen and oxygen atoms in total. The van der Waals surface area contributed by atoms with Gasteiger partial charge in [0.1, 0.15) is 11.3 Å². The number of oxazole rings is 1. The van der Waals surface area contributed by atoms with Gasteiger partial charge in [-0.3, -0.25) is 0 Å². The normalized spacial score (nSPS) is 11.2. The van der Waals surface area contributed by atoms with Gasteiger partial charge < -0.3 is 4.42 Å². The molecule has 0 atom stereocenters. The van der Waals surface area contributed by atoms with Gasteiger partial charge in [0.05, 0.1) is 6.21 Å². The number of rotatable bonds is 3. The van der Waals surface area contributed by atoms with Crippen LogP contribution >= 0.6 is 0 Å². The lowest BCUT2D eigenvalue weighted by molar-refractivity contribution is 0.616. The molecule has 0 unspecified atom stereocenters. The molecule has 3 aromatic rings. The second kappa shape index (κ2) is 4.89. The van der Waals surface area contributed by atoms with Crippen molar-refractivity contribution in [2.75, 3.05) is 5.43 Å². The zero-order valence-corrected chi connectivity index (χ0v) is 9.88. The highest BCUT2D eigenvalue weighted by Gasteiger charge is 2.02. The Bertz CT molecular complexity index is 703. The standard InChI is InChI=1S/C14H10FN3O/c15-11-6-2-1-5-10(11)9-16-18-14-17-12-7-3-4-8-13(12)19-14/h1-9H,(H,17,18)/b16-9+. The van der Waals surface area contributed by atoms with Crippen molar-refractivity contribution in [3.63, 3.8) is 0 Å². The van der Waals surface area contributed by atoms with Crippen molar-refractivity contribution in [2.24, 2.45) is 5.10 Å². The lowest BCUT2D eigenvalue weighted by atomic mass is 10.2. The Balaban J connectivity index is 1.77. The van der Waals surface area contributed by atoms with Crippen LogP contribution in [0.4, 0.5) is 10.4 Å².